The Balaban J connectivity index is 3.73. The van der Waals surface area contributed by atoms with Gasteiger partial charge in [0.25, 0.3) is 0 Å². The lowest BCUT2D eigenvalue weighted by Crippen LogP contribution is -2.13. The van der Waals surface area contributed by atoms with Crippen molar-refractivity contribution in [2.45, 2.75) is 39.2 Å². The van der Waals surface area contributed by atoms with Crippen LogP contribution in [-0.2, 0) is 9.53 Å². The van der Waals surface area contributed by atoms with Crippen LogP contribution in [0.4, 0.5) is 0 Å². The van der Waals surface area contributed by atoms with Crippen LogP contribution in [0.5, 0.6) is 0 Å². The van der Waals surface area contributed by atoms with Crippen LogP contribution in [0.1, 0.15) is 33.1 Å². The van der Waals surface area contributed by atoms with Crippen molar-refractivity contribution in [1.29, 1.82) is 0 Å². The molecule has 0 radical (unpaired) electrons. The first kappa shape index (κ1) is 12.6. The van der Waals surface area contributed by atoms with E-state index in [1.807, 2.05) is 12.2 Å². The average Bonchev–Trinajstić information content (AvgIpc) is 2.13. The van der Waals surface area contributed by atoms with Crippen LogP contribution in [0, 0.1) is 0 Å². The third-order valence-electron chi connectivity index (χ3n) is 1.60. The number of esters is 1. The van der Waals surface area contributed by atoms with E-state index in [-0.39, 0.29) is 6.10 Å². The Labute approximate surface area is 84.2 Å². The minimum atomic E-state index is -0.639. The molecule has 0 aliphatic rings. The Kier molecular flexibility index (Phi) is 7.37. The van der Waals surface area contributed by atoms with Gasteiger partial charge in [-0.3, -0.25) is 0 Å². The van der Waals surface area contributed by atoms with Crippen molar-refractivity contribution >= 4 is 12.2 Å². The zero-order valence-corrected chi connectivity index (χ0v) is 8.64. The Bertz CT molecular complexity index is 243. The van der Waals surface area contributed by atoms with Crippen LogP contribution in [-0.4, -0.2) is 23.1 Å². The van der Waals surface area contributed by atoms with Gasteiger partial charge in [-0.05, 0) is 19.4 Å². The Morgan fingerprint density at radius 3 is 2.93 bits per heavy atom. The highest BCUT2D eigenvalue weighted by molar-refractivity contribution is 6.20. The highest BCUT2D eigenvalue weighted by Gasteiger charge is 2.06. The van der Waals surface area contributed by atoms with Gasteiger partial charge in [-0.25, -0.2) is 4.79 Å². The van der Waals surface area contributed by atoms with Gasteiger partial charge in [0.05, 0.1) is 0 Å². The third-order valence-corrected chi connectivity index (χ3v) is 1.60. The zero-order chi connectivity index (χ0) is 10.8. The summed E-state index contributed by atoms with van der Waals surface area (Å²) in [5.41, 5.74) is 8.05. The topological polar surface area (TPSA) is 62.7 Å². The molecule has 4 nitrogen and oxygen atoms in total. The summed E-state index contributed by atoms with van der Waals surface area (Å²) in [5.74, 6) is -0.639. The van der Waals surface area contributed by atoms with Gasteiger partial charge in [0.2, 0.25) is 0 Å². The van der Waals surface area contributed by atoms with Crippen LogP contribution < -0.4 is 0 Å². The molecule has 0 aromatic rings. The summed E-state index contributed by atoms with van der Waals surface area (Å²) in [6, 6.07) is 0. The number of carbonyl (C=O) groups is 1. The smallest absolute Gasteiger partial charge is 0.414 e. The molecule has 0 saturated heterocycles. The molecule has 0 unspecified atom stereocenters. The molecule has 0 aromatic carbocycles. The fourth-order valence-corrected chi connectivity index (χ4v) is 0.910. The number of unbranched alkanes of at least 4 members (excludes halogenated alkanes) is 2. The standard InChI is InChI=1S/C10H16N2O2/c1-3-4-5-6-7-9(2)14-10(13)8-12-11/h6-9H,3-5H2,1-2H3/b7-6+/t9-/m1/s1. The summed E-state index contributed by atoms with van der Waals surface area (Å²) in [6.07, 6.45) is 7.53. The molecule has 0 aliphatic heterocycles. The summed E-state index contributed by atoms with van der Waals surface area (Å²) in [4.78, 5) is 13.4. The number of ether oxygens (including phenoxy) is 1. The van der Waals surface area contributed by atoms with Gasteiger partial charge in [0, 0.05) is 0 Å². The lowest BCUT2D eigenvalue weighted by Gasteiger charge is -2.03. The van der Waals surface area contributed by atoms with Gasteiger partial charge in [-0.15, -0.1) is 0 Å². The van der Waals surface area contributed by atoms with E-state index in [1.165, 1.54) is 0 Å². The van der Waals surface area contributed by atoms with E-state index in [9.17, 15) is 4.79 Å². The lowest BCUT2D eigenvalue weighted by molar-refractivity contribution is -0.141. The van der Waals surface area contributed by atoms with Gasteiger partial charge in [0.1, 0.15) is 6.10 Å². The Morgan fingerprint density at radius 1 is 1.64 bits per heavy atom. The molecule has 0 spiro atoms. The second-order valence-electron chi connectivity index (χ2n) is 2.96. The number of hydrogen-bond acceptors (Lipinski definition) is 2. The number of hydrogen-bond donors (Lipinski definition) is 0. The molecular formula is C10H16N2O2. The second kappa shape index (κ2) is 8.20. The summed E-state index contributed by atoms with van der Waals surface area (Å²) in [5, 5.41) is 0. The summed E-state index contributed by atoms with van der Waals surface area (Å²) in [6.45, 7) is 3.88. The first-order valence-corrected chi connectivity index (χ1v) is 4.75. The average molecular weight is 196 g/mol. The second-order valence-corrected chi connectivity index (χ2v) is 2.96. The van der Waals surface area contributed by atoms with E-state index in [2.05, 4.69) is 11.7 Å². The molecule has 0 rings (SSSR count). The van der Waals surface area contributed by atoms with Crippen molar-refractivity contribution < 1.29 is 14.3 Å². The van der Waals surface area contributed by atoms with E-state index in [4.69, 9.17) is 10.3 Å². The maximum absolute atomic E-state index is 10.8. The van der Waals surface area contributed by atoms with Crippen molar-refractivity contribution in [2.75, 3.05) is 0 Å². The van der Waals surface area contributed by atoms with Crippen molar-refractivity contribution in [3.05, 3.63) is 17.7 Å². The zero-order valence-electron chi connectivity index (χ0n) is 8.64. The molecule has 0 heterocycles. The van der Waals surface area contributed by atoms with E-state index in [0.29, 0.717) is 0 Å². The minimum Gasteiger partial charge on any atom is -0.450 e. The van der Waals surface area contributed by atoms with Crippen molar-refractivity contribution in [1.82, 2.24) is 0 Å². The van der Waals surface area contributed by atoms with Gasteiger partial charge >= 0.3 is 12.2 Å². The number of rotatable bonds is 6. The SMILES string of the molecule is CCCC/C=C/[C@@H](C)OC(=O)C=[N+]=[N-]. The fourth-order valence-electron chi connectivity index (χ4n) is 0.910. The number of allylic oxidation sites excluding steroid dienone is 1. The molecular weight excluding hydrogens is 180 g/mol. The lowest BCUT2D eigenvalue weighted by atomic mass is 10.2. The molecule has 0 aromatic heterocycles. The Hall–Kier alpha value is -1.41. The fraction of sp³-hybridized carbons (Fsp3) is 0.600. The predicted molar refractivity (Wildman–Crippen MR) is 53.9 cm³/mol. The van der Waals surface area contributed by atoms with Crippen molar-refractivity contribution in [3.63, 3.8) is 0 Å². The minimum absolute atomic E-state index is 0.280. The molecule has 0 saturated carbocycles. The van der Waals surface area contributed by atoms with Gasteiger partial charge in [0.15, 0.2) is 0 Å². The summed E-state index contributed by atoms with van der Waals surface area (Å²) >= 11 is 0. The van der Waals surface area contributed by atoms with Crippen LogP contribution in [0.25, 0.3) is 5.53 Å². The molecule has 0 N–H and O–H groups in total. The molecule has 0 bridgehead atoms. The Morgan fingerprint density at radius 2 is 2.36 bits per heavy atom. The van der Waals surface area contributed by atoms with E-state index in [1.54, 1.807) is 6.92 Å². The van der Waals surface area contributed by atoms with E-state index >= 15 is 0 Å². The van der Waals surface area contributed by atoms with E-state index in [0.717, 1.165) is 25.5 Å². The van der Waals surface area contributed by atoms with Crippen molar-refractivity contribution in [2.24, 2.45) is 0 Å². The quantitative estimate of drug-likeness (QED) is 0.163. The molecule has 14 heavy (non-hydrogen) atoms. The normalized spacial score (nSPS) is 12.1. The van der Waals surface area contributed by atoms with Crippen LogP contribution in [0.15, 0.2) is 12.2 Å². The van der Waals surface area contributed by atoms with Gasteiger partial charge in [-0.1, -0.05) is 25.8 Å². The number of nitrogens with zero attached hydrogens (tertiary/aromatic N) is 2. The largest absolute Gasteiger partial charge is 0.450 e. The van der Waals surface area contributed by atoms with Gasteiger partial charge in [-0.2, -0.15) is 4.79 Å². The predicted octanol–water partition coefficient (Wildman–Crippen LogP) is 1.97. The monoisotopic (exact) mass is 196 g/mol. The summed E-state index contributed by atoms with van der Waals surface area (Å²) < 4.78 is 4.84. The summed E-state index contributed by atoms with van der Waals surface area (Å²) in [7, 11) is 0. The molecule has 78 valence electrons. The first-order chi connectivity index (χ1) is 6.70. The first-order valence-electron chi connectivity index (χ1n) is 4.75. The van der Waals surface area contributed by atoms with Crippen molar-refractivity contribution in [3.8, 4) is 0 Å². The molecule has 0 aliphatic carbocycles. The molecule has 0 fully saturated rings. The number of carbonyl (C=O) groups excluding carboxylic acids is 1. The van der Waals surface area contributed by atoms with Crippen LogP contribution in [0.3, 0.4) is 0 Å². The molecule has 1 atom stereocenters. The van der Waals surface area contributed by atoms with Crippen LogP contribution >= 0.6 is 0 Å². The molecule has 4 heteroatoms. The third kappa shape index (κ3) is 7.25. The van der Waals surface area contributed by atoms with Gasteiger partial charge < -0.3 is 10.3 Å². The van der Waals surface area contributed by atoms with Crippen LogP contribution in [0.2, 0.25) is 0 Å². The highest BCUT2D eigenvalue weighted by atomic mass is 16.5. The van der Waals surface area contributed by atoms with E-state index < -0.39 is 5.97 Å². The maximum atomic E-state index is 10.8. The maximum Gasteiger partial charge on any atom is 0.414 e. The highest BCUT2D eigenvalue weighted by Crippen LogP contribution is 1.98. The molecule has 0 amide bonds.